The first kappa shape index (κ1) is 12.6. The van der Waals surface area contributed by atoms with Crippen molar-refractivity contribution >= 4 is 20.9 Å². The average molecular weight is 264 g/mol. The number of aromatic hydroxyl groups is 1. The normalized spacial score (nSPS) is 11.6. The molecule has 0 aliphatic rings. The van der Waals surface area contributed by atoms with E-state index in [9.17, 15) is 18.1 Å². The molecule has 0 saturated carbocycles. The monoisotopic (exact) mass is 264 g/mol. The Bertz CT molecular complexity index is 717. The average Bonchev–Trinajstić information content (AvgIpc) is 2.31. The molecule has 0 unspecified atom stereocenters. The molecule has 2 aromatic carbocycles. The van der Waals surface area contributed by atoms with E-state index in [2.05, 4.69) is 6.58 Å². The van der Waals surface area contributed by atoms with E-state index >= 15 is 0 Å². The first-order valence-corrected chi connectivity index (χ1v) is 6.71. The maximum Gasteiger partial charge on any atom is 0.295 e. The standard InChI is InChI=1S/C13H12O4S/c1-2-5-9-8-12(18(15,16)17)10-6-3-4-7-11(10)13(9)14/h2-4,6-8,14H,1,5H2,(H,15,16,17). The highest BCUT2D eigenvalue weighted by atomic mass is 32.2. The van der Waals surface area contributed by atoms with Gasteiger partial charge in [0.15, 0.2) is 0 Å². The molecule has 0 radical (unpaired) electrons. The number of phenolic OH excluding ortho intramolecular Hbond substituents is 1. The van der Waals surface area contributed by atoms with Crippen molar-refractivity contribution in [3.63, 3.8) is 0 Å². The highest BCUT2D eigenvalue weighted by Crippen LogP contribution is 2.34. The third kappa shape index (κ3) is 2.10. The number of allylic oxidation sites excluding steroid dienone is 1. The minimum absolute atomic E-state index is 0.0119. The summed E-state index contributed by atoms with van der Waals surface area (Å²) < 4.78 is 32.0. The van der Waals surface area contributed by atoms with E-state index < -0.39 is 10.1 Å². The largest absolute Gasteiger partial charge is 0.507 e. The van der Waals surface area contributed by atoms with Crippen molar-refractivity contribution in [1.29, 1.82) is 0 Å². The predicted molar refractivity (Wildman–Crippen MR) is 69.3 cm³/mol. The molecule has 0 atom stereocenters. The minimum atomic E-state index is -4.33. The van der Waals surface area contributed by atoms with Crippen LogP contribution in [0.15, 0.2) is 47.9 Å². The van der Waals surface area contributed by atoms with Gasteiger partial charge in [-0.05, 0) is 18.1 Å². The lowest BCUT2D eigenvalue weighted by molar-refractivity contribution is 0.474. The van der Waals surface area contributed by atoms with Gasteiger partial charge in [0.1, 0.15) is 10.6 Å². The van der Waals surface area contributed by atoms with Crippen LogP contribution in [0, 0.1) is 0 Å². The summed E-state index contributed by atoms with van der Waals surface area (Å²) >= 11 is 0. The summed E-state index contributed by atoms with van der Waals surface area (Å²) in [5.74, 6) is 0.0119. The molecule has 0 saturated heterocycles. The molecule has 18 heavy (non-hydrogen) atoms. The maximum absolute atomic E-state index is 11.4. The van der Waals surface area contributed by atoms with Crippen molar-refractivity contribution in [2.24, 2.45) is 0 Å². The van der Waals surface area contributed by atoms with Crippen molar-refractivity contribution in [2.75, 3.05) is 0 Å². The van der Waals surface area contributed by atoms with E-state index in [1.165, 1.54) is 12.1 Å². The molecule has 5 heteroatoms. The van der Waals surface area contributed by atoms with Crippen LogP contribution in [0.4, 0.5) is 0 Å². The van der Waals surface area contributed by atoms with Gasteiger partial charge >= 0.3 is 0 Å². The number of hydrogen-bond acceptors (Lipinski definition) is 3. The van der Waals surface area contributed by atoms with Crippen molar-refractivity contribution in [2.45, 2.75) is 11.3 Å². The van der Waals surface area contributed by atoms with Gasteiger partial charge in [-0.3, -0.25) is 4.55 Å². The first-order valence-electron chi connectivity index (χ1n) is 5.27. The number of fused-ring (bicyclic) bond motifs is 1. The highest BCUT2D eigenvalue weighted by molar-refractivity contribution is 7.86. The van der Waals surface area contributed by atoms with Gasteiger partial charge in [0.2, 0.25) is 0 Å². The Labute approximate surface area is 105 Å². The summed E-state index contributed by atoms with van der Waals surface area (Å²) in [5, 5.41) is 10.7. The lowest BCUT2D eigenvalue weighted by atomic mass is 10.0. The number of phenols is 1. The molecular formula is C13H12O4S. The zero-order chi connectivity index (χ0) is 13.3. The molecule has 0 spiro atoms. The highest BCUT2D eigenvalue weighted by Gasteiger charge is 2.18. The molecular weight excluding hydrogens is 252 g/mol. The van der Waals surface area contributed by atoms with Gasteiger partial charge in [0.25, 0.3) is 10.1 Å². The van der Waals surface area contributed by atoms with Gasteiger partial charge in [-0.2, -0.15) is 8.42 Å². The van der Waals surface area contributed by atoms with Crippen LogP contribution in [-0.2, 0) is 16.5 Å². The fourth-order valence-corrected chi connectivity index (χ4v) is 2.65. The summed E-state index contributed by atoms with van der Waals surface area (Å²) in [7, 11) is -4.33. The second-order valence-corrected chi connectivity index (χ2v) is 5.29. The zero-order valence-electron chi connectivity index (χ0n) is 9.50. The van der Waals surface area contributed by atoms with Gasteiger partial charge in [0.05, 0.1) is 0 Å². The zero-order valence-corrected chi connectivity index (χ0v) is 10.3. The smallest absolute Gasteiger partial charge is 0.295 e. The Hall–Kier alpha value is -1.85. The van der Waals surface area contributed by atoms with Gasteiger partial charge in [-0.1, -0.05) is 30.3 Å². The molecule has 0 aliphatic heterocycles. The molecule has 94 valence electrons. The number of rotatable bonds is 3. The van der Waals surface area contributed by atoms with E-state index in [1.807, 2.05) is 0 Å². The Morgan fingerprint density at radius 2 is 1.83 bits per heavy atom. The third-order valence-corrected chi connectivity index (χ3v) is 3.59. The van der Waals surface area contributed by atoms with Crippen LogP contribution >= 0.6 is 0 Å². The Kier molecular flexibility index (Phi) is 3.11. The molecule has 0 bridgehead atoms. The fraction of sp³-hybridized carbons (Fsp3) is 0.0769. The van der Waals surface area contributed by atoms with Crippen LogP contribution in [0.3, 0.4) is 0 Å². The van der Waals surface area contributed by atoms with E-state index in [0.29, 0.717) is 22.8 Å². The fourth-order valence-electron chi connectivity index (χ4n) is 1.91. The maximum atomic E-state index is 11.4. The van der Waals surface area contributed by atoms with Crippen molar-refractivity contribution < 1.29 is 18.1 Å². The van der Waals surface area contributed by atoms with Gasteiger partial charge < -0.3 is 5.11 Å². The van der Waals surface area contributed by atoms with Crippen molar-refractivity contribution in [3.8, 4) is 5.75 Å². The van der Waals surface area contributed by atoms with Crippen LogP contribution in [0.2, 0.25) is 0 Å². The molecule has 0 fully saturated rings. The minimum Gasteiger partial charge on any atom is -0.507 e. The second-order valence-electron chi connectivity index (χ2n) is 3.90. The number of benzene rings is 2. The Balaban J connectivity index is 2.93. The van der Waals surface area contributed by atoms with E-state index in [4.69, 9.17) is 0 Å². The van der Waals surface area contributed by atoms with Crippen LogP contribution in [-0.4, -0.2) is 18.1 Å². The molecule has 0 aromatic heterocycles. The van der Waals surface area contributed by atoms with Crippen LogP contribution in [0.1, 0.15) is 5.56 Å². The Morgan fingerprint density at radius 1 is 1.22 bits per heavy atom. The molecule has 2 aromatic rings. The third-order valence-electron chi connectivity index (χ3n) is 2.70. The summed E-state index contributed by atoms with van der Waals surface area (Å²) in [6, 6.07) is 7.74. The van der Waals surface area contributed by atoms with Gasteiger partial charge in [-0.15, -0.1) is 6.58 Å². The van der Waals surface area contributed by atoms with Crippen molar-refractivity contribution in [3.05, 3.63) is 48.6 Å². The van der Waals surface area contributed by atoms with Crippen LogP contribution < -0.4 is 0 Å². The predicted octanol–water partition coefficient (Wildman–Crippen LogP) is 2.52. The van der Waals surface area contributed by atoms with Gasteiger partial charge in [-0.25, -0.2) is 0 Å². The first-order chi connectivity index (χ1) is 8.45. The van der Waals surface area contributed by atoms with E-state index in [0.717, 1.165) is 0 Å². The second kappa shape index (κ2) is 4.44. The van der Waals surface area contributed by atoms with E-state index in [1.54, 1.807) is 24.3 Å². The Morgan fingerprint density at radius 3 is 2.39 bits per heavy atom. The SMILES string of the molecule is C=CCc1cc(S(=O)(=O)O)c2ccccc2c1O. The van der Waals surface area contributed by atoms with E-state index in [-0.39, 0.29) is 10.6 Å². The molecule has 2 N–H and O–H groups in total. The summed E-state index contributed by atoms with van der Waals surface area (Å²) in [5.41, 5.74) is 0.413. The topological polar surface area (TPSA) is 74.6 Å². The lowest BCUT2D eigenvalue weighted by Gasteiger charge is -2.10. The van der Waals surface area contributed by atoms with Crippen LogP contribution in [0.5, 0.6) is 5.75 Å². The quantitative estimate of drug-likeness (QED) is 0.660. The van der Waals surface area contributed by atoms with Crippen LogP contribution in [0.25, 0.3) is 10.8 Å². The molecule has 4 nitrogen and oxygen atoms in total. The summed E-state index contributed by atoms with van der Waals surface area (Å²) in [6.07, 6.45) is 1.87. The number of hydrogen-bond donors (Lipinski definition) is 2. The molecule has 0 amide bonds. The molecule has 0 heterocycles. The summed E-state index contributed by atoms with van der Waals surface area (Å²) in [6.45, 7) is 3.55. The lowest BCUT2D eigenvalue weighted by Crippen LogP contribution is -2.01. The molecule has 2 rings (SSSR count). The summed E-state index contributed by atoms with van der Waals surface area (Å²) in [4.78, 5) is -0.201. The van der Waals surface area contributed by atoms with Gasteiger partial charge in [0, 0.05) is 10.8 Å². The van der Waals surface area contributed by atoms with Crippen molar-refractivity contribution in [1.82, 2.24) is 0 Å². The molecule has 0 aliphatic carbocycles.